The second-order valence-electron chi connectivity index (χ2n) is 6.55. The Morgan fingerprint density at radius 2 is 2.16 bits per heavy atom. The molecule has 2 aliphatic heterocycles. The summed E-state index contributed by atoms with van der Waals surface area (Å²) in [5, 5.41) is 13.9. The summed E-state index contributed by atoms with van der Waals surface area (Å²) in [6.45, 7) is 2.86. The van der Waals surface area contributed by atoms with Gasteiger partial charge in [0.15, 0.2) is 0 Å². The lowest BCUT2D eigenvalue weighted by Crippen LogP contribution is -2.47. The highest BCUT2D eigenvalue weighted by atomic mass is 32.1. The molecule has 1 aromatic heterocycles. The summed E-state index contributed by atoms with van der Waals surface area (Å²) >= 11 is 0.865. The summed E-state index contributed by atoms with van der Waals surface area (Å²) in [4.78, 5) is 39.7. The van der Waals surface area contributed by atoms with E-state index in [1.165, 1.54) is 12.1 Å². The van der Waals surface area contributed by atoms with Gasteiger partial charge in [-0.1, -0.05) is 11.3 Å². The Balaban J connectivity index is 1.68. The fourth-order valence-electron chi connectivity index (χ4n) is 3.65. The van der Waals surface area contributed by atoms with Crippen molar-refractivity contribution in [1.29, 1.82) is 0 Å². The standard InChI is InChI=1S/C16H22N4O4S/c1-17-9-11-6-8-18(10-11)15(21)12-3-2-7-19(12)16(22)13-4-5-14(25-13)20(23)24/h4-5,11-12,17H,2-3,6-10H2,1H3. The van der Waals surface area contributed by atoms with Gasteiger partial charge in [-0.05, 0) is 44.8 Å². The fourth-order valence-corrected chi connectivity index (χ4v) is 4.42. The van der Waals surface area contributed by atoms with Crippen molar-refractivity contribution in [3.05, 3.63) is 27.1 Å². The van der Waals surface area contributed by atoms with Crippen molar-refractivity contribution in [3.63, 3.8) is 0 Å². The molecule has 136 valence electrons. The Labute approximate surface area is 149 Å². The first-order valence-corrected chi connectivity index (χ1v) is 9.31. The van der Waals surface area contributed by atoms with E-state index >= 15 is 0 Å². The van der Waals surface area contributed by atoms with Crippen molar-refractivity contribution in [2.75, 3.05) is 33.2 Å². The van der Waals surface area contributed by atoms with Crippen molar-refractivity contribution in [2.24, 2.45) is 5.92 Å². The molecular weight excluding hydrogens is 344 g/mol. The molecule has 1 N–H and O–H groups in total. The summed E-state index contributed by atoms with van der Waals surface area (Å²) in [6, 6.07) is 2.37. The minimum atomic E-state index is -0.500. The first-order valence-electron chi connectivity index (χ1n) is 8.50. The predicted molar refractivity (Wildman–Crippen MR) is 93.6 cm³/mol. The smallest absolute Gasteiger partial charge is 0.324 e. The summed E-state index contributed by atoms with van der Waals surface area (Å²) in [7, 11) is 1.90. The maximum atomic E-state index is 12.9. The third kappa shape index (κ3) is 3.67. The SMILES string of the molecule is CNCC1CCN(C(=O)C2CCCN2C(=O)c2ccc([N+](=O)[O-])s2)C1. The second-order valence-corrected chi connectivity index (χ2v) is 7.61. The van der Waals surface area contributed by atoms with Crippen LogP contribution in [0.3, 0.4) is 0 Å². The van der Waals surface area contributed by atoms with E-state index < -0.39 is 11.0 Å². The molecule has 2 atom stereocenters. The molecule has 0 spiro atoms. The third-order valence-corrected chi connectivity index (χ3v) is 5.90. The number of nitro groups is 1. The molecule has 0 bridgehead atoms. The van der Waals surface area contributed by atoms with Crippen molar-refractivity contribution in [3.8, 4) is 0 Å². The largest absolute Gasteiger partial charge is 0.341 e. The van der Waals surface area contributed by atoms with E-state index in [0.29, 0.717) is 23.8 Å². The summed E-state index contributed by atoms with van der Waals surface area (Å²) in [5.41, 5.74) is 0. The molecule has 0 aliphatic carbocycles. The number of carbonyl (C=O) groups is 2. The molecule has 1 aromatic rings. The fraction of sp³-hybridized carbons (Fsp3) is 0.625. The normalized spacial score (nSPS) is 23.2. The molecule has 2 fully saturated rings. The van der Waals surface area contributed by atoms with Gasteiger partial charge in [0.1, 0.15) is 6.04 Å². The number of hydrogen-bond acceptors (Lipinski definition) is 6. The van der Waals surface area contributed by atoms with Crippen molar-refractivity contribution in [1.82, 2.24) is 15.1 Å². The number of nitrogens with one attached hydrogen (secondary N) is 1. The molecule has 8 nitrogen and oxygen atoms in total. The van der Waals surface area contributed by atoms with E-state index in [1.807, 2.05) is 11.9 Å². The van der Waals surface area contributed by atoms with Crippen LogP contribution in [0.25, 0.3) is 0 Å². The average molecular weight is 366 g/mol. The molecule has 2 unspecified atom stereocenters. The van der Waals surface area contributed by atoms with E-state index in [1.54, 1.807) is 4.90 Å². The van der Waals surface area contributed by atoms with Crippen molar-refractivity contribution < 1.29 is 14.5 Å². The molecule has 25 heavy (non-hydrogen) atoms. The van der Waals surface area contributed by atoms with Gasteiger partial charge in [0.2, 0.25) is 5.91 Å². The number of rotatable bonds is 5. The molecule has 2 saturated heterocycles. The van der Waals surface area contributed by atoms with Crippen LogP contribution < -0.4 is 5.32 Å². The molecule has 2 aliphatic rings. The van der Waals surface area contributed by atoms with Gasteiger partial charge < -0.3 is 15.1 Å². The lowest BCUT2D eigenvalue weighted by Gasteiger charge is -2.27. The van der Waals surface area contributed by atoms with Crippen molar-refractivity contribution >= 4 is 28.2 Å². The van der Waals surface area contributed by atoms with Gasteiger partial charge in [-0.3, -0.25) is 19.7 Å². The second kappa shape index (κ2) is 7.49. The zero-order valence-corrected chi connectivity index (χ0v) is 15.0. The van der Waals surface area contributed by atoms with Gasteiger partial charge in [-0.15, -0.1) is 0 Å². The monoisotopic (exact) mass is 366 g/mol. The van der Waals surface area contributed by atoms with Crippen LogP contribution in [0.15, 0.2) is 12.1 Å². The number of nitrogens with zero attached hydrogens (tertiary/aromatic N) is 3. The van der Waals surface area contributed by atoms with Gasteiger partial charge in [0, 0.05) is 25.7 Å². The van der Waals surface area contributed by atoms with Crippen LogP contribution in [0.4, 0.5) is 5.00 Å². The van der Waals surface area contributed by atoms with E-state index in [2.05, 4.69) is 5.32 Å². The molecule has 3 rings (SSSR count). The first-order chi connectivity index (χ1) is 12.0. The van der Waals surface area contributed by atoms with Crippen LogP contribution in [0.1, 0.15) is 28.9 Å². The van der Waals surface area contributed by atoms with Crippen LogP contribution in [0.5, 0.6) is 0 Å². The summed E-state index contributed by atoms with van der Waals surface area (Å²) in [6.07, 6.45) is 2.42. The average Bonchev–Trinajstić information content (AvgIpc) is 3.33. The Kier molecular flexibility index (Phi) is 5.33. The zero-order chi connectivity index (χ0) is 18.0. The first kappa shape index (κ1) is 17.8. The summed E-state index contributed by atoms with van der Waals surface area (Å²) < 4.78 is 0. The molecule has 0 radical (unpaired) electrons. The lowest BCUT2D eigenvalue weighted by atomic mass is 10.1. The number of thiophene rings is 1. The van der Waals surface area contributed by atoms with Gasteiger partial charge >= 0.3 is 5.00 Å². The minimum Gasteiger partial charge on any atom is -0.341 e. The maximum absolute atomic E-state index is 12.9. The minimum absolute atomic E-state index is 0.00973. The number of amides is 2. The Bertz CT molecular complexity index is 677. The molecule has 9 heteroatoms. The molecule has 0 saturated carbocycles. The molecular formula is C16H22N4O4S. The highest BCUT2D eigenvalue weighted by Gasteiger charge is 2.39. The number of hydrogen-bond donors (Lipinski definition) is 1. The van der Waals surface area contributed by atoms with Gasteiger partial charge in [-0.25, -0.2) is 0 Å². The number of carbonyl (C=O) groups excluding carboxylic acids is 2. The van der Waals surface area contributed by atoms with E-state index in [4.69, 9.17) is 0 Å². The topological polar surface area (TPSA) is 95.8 Å². The lowest BCUT2D eigenvalue weighted by molar-refractivity contribution is -0.380. The molecule has 2 amide bonds. The van der Waals surface area contributed by atoms with Crippen molar-refractivity contribution in [2.45, 2.75) is 25.3 Å². The third-order valence-electron chi connectivity index (χ3n) is 4.87. The van der Waals surface area contributed by atoms with Crippen LogP contribution in [-0.4, -0.2) is 65.8 Å². The Morgan fingerprint density at radius 3 is 2.84 bits per heavy atom. The van der Waals surface area contributed by atoms with E-state index in [9.17, 15) is 19.7 Å². The summed E-state index contributed by atoms with van der Waals surface area (Å²) in [5.74, 6) is 0.190. The van der Waals surface area contributed by atoms with Gasteiger partial charge in [0.25, 0.3) is 5.91 Å². The Hall–Kier alpha value is -2.00. The van der Waals surface area contributed by atoms with Crippen LogP contribution >= 0.6 is 11.3 Å². The molecule has 0 aromatic carbocycles. The predicted octanol–water partition coefficient (Wildman–Crippen LogP) is 1.33. The molecule has 3 heterocycles. The Morgan fingerprint density at radius 1 is 1.36 bits per heavy atom. The zero-order valence-electron chi connectivity index (χ0n) is 14.1. The van der Waals surface area contributed by atoms with E-state index in [-0.39, 0.29) is 16.8 Å². The van der Waals surface area contributed by atoms with Crippen LogP contribution in [0, 0.1) is 16.0 Å². The highest BCUT2D eigenvalue weighted by molar-refractivity contribution is 7.17. The number of likely N-dealkylation sites (tertiary alicyclic amines) is 2. The highest BCUT2D eigenvalue weighted by Crippen LogP contribution is 2.29. The maximum Gasteiger partial charge on any atom is 0.324 e. The van der Waals surface area contributed by atoms with Gasteiger partial charge in [0.05, 0.1) is 9.80 Å². The van der Waals surface area contributed by atoms with E-state index in [0.717, 1.165) is 43.8 Å². The quantitative estimate of drug-likeness (QED) is 0.626. The van der Waals surface area contributed by atoms with Crippen LogP contribution in [0.2, 0.25) is 0 Å². The van der Waals surface area contributed by atoms with Crippen LogP contribution in [-0.2, 0) is 4.79 Å². The van der Waals surface area contributed by atoms with Gasteiger partial charge in [-0.2, -0.15) is 0 Å².